The highest BCUT2D eigenvalue weighted by Crippen LogP contribution is 2.23. The second-order valence-electron chi connectivity index (χ2n) is 5.62. The number of sulfonamides is 1. The number of nitrogens with two attached hydrogens (primary N) is 1. The van der Waals surface area contributed by atoms with Crippen LogP contribution in [0.1, 0.15) is 24.0 Å². The topological polar surface area (TPSA) is 102 Å². The van der Waals surface area contributed by atoms with Crippen molar-refractivity contribution < 1.29 is 18.3 Å². The maximum atomic E-state index is 12.3. The maximum absolute atomic E-state index is 12.3. The molecule has 0 radical (unpaired) electrons. The summed E-state index contributed by atoms with van der Waals surface area (Å²) >= 11 is 0. The zero-order valence-electron chi connectivity index (χ0n) is 12.3. The fourth-order valence-electron chi connectivity index (χ4n) is 2.25. The Morgan fingerprint density at radius 2 is 1.95 bits per heavy atom. The van der Waals surface area contributed by atoms with Gasteiger partial charge in [-0.05, 0) is 37.1 Å². The van der Waals surface area contributed by atoms with Crippen LogP contribution in [-0.2, 0) is 14.8 Å². The highest BCUT2D eigenvalue weighted by molar-refractivity contribution is 7.89. The van der Waals surface area contributed by atoms with Gasteiger partial charge in [0, 0.05) is 38.3 Å². The van der Waals surface area contributed by atoms with E-state index in [1.165, 1.54) is 6.07 Å². The zero-order valence-corrected chi connectivity index (χ0v) is 13.2. The molecule has 0 saturated carbocycles. The molecule has 0 amide bonds. The second kappa shape index (κ2) is 5.92. The Morgan fingerprint density at radius 3 is 2.52 bits per heavy atom. The summed E-state index contributed by atoms with van der Waals surface area (Å²) < 4.78 is 32.3. The molecule has 1 aliphatic heterocycles. The van der Waals surface area contributed by atoms with Crippen molar-refractivity contribution in [3.63, 3.8) is 0 Å². The van der Waals surface area contributed by atoms with Crippen molar-refractivity contribution in [3.05, 3.63) is 23.3 Å². The van der Waals surface area contributed by atoms with Gasteiger partial charge in [-0.3, -0.25) is 0 Å². The van der Waals surface area contributed by atoms with Crippen LogP contribution in [0.25, 0.3) is 0 Å². The molecule has 0 aliphatic carbocycles. The summed E-state index contributed by atoms with van der Waals surface area (Å²) in [6.07, 6.45) is 0.842. The molecule has 0 spiro atoms. The van der Waals surface area contributed by atoms with Gasteiger partial charge in [-0.25, -0.2) is 13.1 Å². The Bertz CT molecular complexity index is 599. The average molecular weight is 314 g/mol. The van der Waals surface area contributed by atoms with Crippen molar-refractivity contribution >= 4 is 15.7 Å². The summed E-state index contributed by atoms with van der Waals surface area (Å²) in [5, 5.41) is 10.3. The molecular weight excluding hydrogens is 292 g/mol. The molecule has 0 unspecified atom stereocenters. The Hall–Kier alpha value is -1.15. The van der Waals surface area contributed by atoms with Crippen LogP contribution in [0.15, 0.2) is 17.0 Å². The number of nitrogens with one attached hydrogen (secondary N) is 1. The minimum Gasteiger partial charge on any atom is -0.398 e. The number of benzene rings is 1. The molecule has 6 nitrogen and oxygen atoms in total. The monoisotopic (exact) mass is 314 g/mol. The van der Waals surface area contributed by atoms with E-state index in [4.69, 9.17) is 10.5 Å². The Balaban J connectivity index is 2.15. The fourth-order valence-corrected chi connectivity index (χ4v) is 3.49. The molecule has 1 aromatic rings. The Kier molecular flexibility index (Phi) is 4.57. The number of nitrogen functional groups attached to an aromatic ring is 1. The van der Waals surface area contributed by atoms with E-state index in [2.05, 4.69) is 4.72 Å². The minimum atomic E-state index is -3.69. The van der Waals surface area contributed by atoms with Gasteiger partial charge >= 0.3 is 0 Å². The van der Waals surface area contributed by atoms with Gasteiger partial charge in [0.1, 0.15) is 0 Å². The lowest BCUT2D eigenvalue weighted by Crippen LogP contribution is -2.46. The first-order chi connectivity index (χ1) is 9.73. The van der Waals surface area contributed by atoms with Gasteiger partial charge in [0.15, 0.2) is 0 Å². The molecule has 1 aromatic carbocycles. The number of hydrogen-bond donors (Lipinski definition) is 3. The third-order valence-corrected chi connectivity index (χ3v) is 5.39. The fraction of sp³-hybridized carbons (Fsp3) is 0.571. The average Bonchev–Trinajstić information content (AvgIpc) is 2.43. The van der Waals surface area contributed by atoms with Crippen LogP contribution in [0, 0.1) is 13.8 Å². The minimum absolute atomic E-state index is 0.0223. The molecule has 118 valence electrons. The molecule has 2 rings (SSSR count). The van der Waals surface area contributed by atoms with Crippen molar-refractivity contribution in [1.29, 1.82) is 0 Å². The molecule has 4 N–H and O–H groups in total. The predicted octanol–water partition coefficient (Wildman–Crippen LogP) is 0.705. The summed E-state index contributed by atoms with van der Waals surface area (Å²) in [6, 6.07) is 3.03. The molecule has 1 aliphatic rings. The maximum Gasteiger partial charge on any atom is 0.240 e. The summed E-state index contributed by atoms with van der Waals surface area (Å²) in [5.74, 6) is 0. The smallest absolute Gasteiger partial charge is 0.240 e. The van der Waals surface area contributed by atoms with E-state index in [-0.39, 0.29) is 11.4 Å². The molecule has 1 fully saturated rings. The number of hydrogen-bond acceptors (Lipinski definition) is 5. The van der Waals surface area contributed by atoms with Crippen LogP contribution >= 0.6 is 0 Å². The van der Waals surface area contributed by atoms with Gasteiger partial charge in [-0.1, -0.05) is 0 Å². The van der Waals surface area contributed by atoms with E-state index in [0.29, 0.717) is 31.7 Å². The van der Waals surface area contributed by atoms with Gasteiger partial charge in [0.05, 0.1) is 10.5 Å². The molecule has 0 atom stereocenters. The summed E-state index contributed by atoms with van der Waals surface area (Å²) in [7, 11) is -3.69. The van der Waals surface area contributed by atoms with Crippen LogP contribution in [-0.4, -0.2) is 38.9 Å². The number of rotatable bonds is 4. The SMILES string of the molecule is Cc1cc(S(=O)(=O)NCC2(O)CCOCC2)cc(N)c1C. The lowest BCUT2D eigenvalue weighted by molar-refractivity contribution is -0.0588. The lowest BCUT2D eigenvalue weighted by Gasteiger charge is -2.32. The standard InChI is InChI=1S/C14H22N2O4S/c1-10-7-12(8-13(15)11(10)2)21(18,19)16-9-14(17)3-5-20-6-4-14/h7-8,16-17H,3-6,9,15H2,1-2H3. The number of anilines is 1. The zero-order chi connectivity index (χ0) is 15.7. The first kappa shape index (κ1) is 16.2. The van der Waals surface area contributed by atoms with E-state index in [1.54, 1.807) is 6.07 Å². The number of aryl methyl sites for hydroxylation is 1. The van der Waals surface area contributed by atoms with Crippen LogP contribution in [0.4, 0.5) is 5.69 Å². The molecule has 0 aromatic heterocycles. The van der Waals surface area contributed by atoms with E-state index >= 15 is 0 Å². The van der Waals surface area contributed by atoms with Gasteiger partial charge in [-0.15, -0.1) is 0 Å². The van der Waals surface area contributed by atoms with Crippen molar-refractivity contribution in [2.24, 2.45) is 0 Å². The highest BCUT2D eigenvalue weighted by Gasteiger charge is 2.31. The molecular formula is C14H22N2O4S. The van der Waals surface area contributed by atoms with E-state index < -0.39 is 15.6 Å². The number of aliphatic hydroxyl groups is 1. The van der Waals surface area contributed by atoms with Gasteiger partial charge in [-0.2, -0.15) is 0 Å². The van der Waals surface area contributed by atoms with Crippen LogP contribution in [0.5, 0.6) is 0 Å². The van der Waals surface area contributed by atoms with Crippen molar-refractivity contribution in [2.75, 3.05) is 25.5 Å². The van der Waals surface area contributed by atoms with Crippen LogP contribution in [0.2, 0.25) is 0 Å². The third kappa shape index (κ3) is 3.74. The quantitative estimate of drug-likeness (QED) is 0.710. The third-order valence-electron chi connectivity index (χ3n) is 4.01. The number of ether oxygens (including phenoxy) is 1. The molecule has 21 heavy (non-hydrogen) atoms. The van der Waals surface area contributed by atoms with Crippen LogP contribution in [0.3, 0.4) is 0 Å². The molecule has 1 saturated heterocycles. The normalized spacial score (nSPS) is 18.6. The first-order valence-corrected chi connectivity index (χ1v) is 8.38. The van der Waals surface area contributed by atoms with Gasteiger partial charge in [0.2, 0.25) is 10.0 Å². The first-order valence-electron chi connectivity index (χ1n) is 6.90. The van der Waals surface area contributed by atoms with E-state index in [1.807, 2.05) is 13.8 Å². The van der Waals surface area contributed by atoms with Gasteiger partial charge in [0.25, 0.3) is 0 Å². The van der Waals surface area contributed by atoms with E-state index in [0.717, 1.165) is 11.1 Å². The Morgan fingerprint density at radius 1 is 1.33 bits per heavy atom. The predicted molar refractivity (Wildman–Crippen MR) is 80.5 cm³/mol. The van der Waals surface area contributed by atoms with Crippen molar-refractivity contribution in [1.82, 2.24) is 4.72 Å². The highest BCUT2D eigenvalue weighted by atomic mass is 32.2. The van der Waals surface area contributed by atoms with Gasteiger partial charge < -0.3 is 15.6 Å². The molecule has 7 heteroatoms. The van der Waals surface area contributed by atoms with Crippen molar-refractivity contribution in [3.8, 4) is 0 Å². The summed E-state index contributed by atoms with van der Waals surface area (Å²) in [6.45, 7) is 4.52. The molecule has 0 bridgehead atoms. The molecule has 1 heterocycles. The lowest BCUT2D eigenvalue weighted by atomic mass is 9.95. The Labute approximate surface area is 125 Å². The van der Waals surface area contributed by atoms with Crippen molar-refractivity contribution in [2.45, 2.75) is 37.2 Å². The second-order valence-corrected chi connectivity index (χ2v) is 7.38. The summed E-state index contributed by atoms with van der Waals surface area (Å²) in [4.78, 5) is 0.124. The largest absolute Gasteiger partial charge is 0.398 e. The van der Waals surface area contributed by atoms with Crippen LogP contribution < -0.4 is 10.5 Å². The van der Waals surface area contributed by atoms with E-state index in [9.17, 15) is 13.5 Å². The summed E-state index contributed by atoms with van der Waals surface area (Å²) in [5.41, 5.74) is 6.92.